The molecule has 0 aromatic heterocycles. The van der Waals surface area contributed by atoms with Gasteiger partial charge in [0.25, 0.3) is 17.9 Å². The van der Waals surface area contributed by atoms with Gasteiger partial charge in [-0.1, -0.05) is 0 Å². The molecule has 0 aromatic rings. The molecule has 0 aromatic carbocycles. The Labute approximate surface area is 85.2 Å². The molecular formula is C5H8BF3O5S. The number of alkyl halides is 3. The summed E-state index contributed by atoms with van der Waals surface area (Å²) in [6.45, 7) is -4.08. The molecule has 0 aliphatic heterocycles. The Bertz CT molecular complexity index is 296. The highest BCUT2D eigenvalue weighted by Crippen LogP contribution is 2.33. The van der Waals surface area contributed by atoms with Gasteiger partial charge in [-0.3, -0.25) is 0 Å². The Morgan fingerprint density at radius 3 is 1.80 bits per heavy atom. The fourth-order valence-electron chi connectivity index (χ4n) is 0.786. The average molecular weight is 248 g/mol. The van der Waals surface area contributed by atoms with Crippen LogP contribution < -0.4 is 0 Å². The van der Waals surface area contributed by atoms with Crippen molar-refractivity contribution in [3.63, 3.8) is 0 Å². The summed E-state index contributed by atoms with van der Waals surface area (Å²) in [7, 11) is -1.32. The van der Waals surface area contributed by atoms with E-state index >= 15 is 0 Å². The van der Waals surface area contributed by atoms with Gasteiger partial charge < -0.3 is 14.9 Å². The normalized spacial score (nSPS) is 14.2. The minimum Gasteiger partial charge on any atom is -0.446 e. The molecule has 15 heavy (non-hydrogen) atoms. The van der Waals surface area contributed by atoms with Crippen LogP contribution in [-0.4, -0.2) is 56.8 Å². The maximum atomic E-state index is 12.1. The van der Waals surface area contributed by atoms with Crippen LogP contribution >= 0.6 is 0 Å². The van der Waals surface area contributed by atoms with Crippen LogP contribution in [0.15, 0.2) is 0 Å². The molecule has 0 fully saturated rings. The molecular weight excluding hydrogens is 240 g/mol. The van der Waals surface area contributed by atoms with E-state index in [4.69, 9.17) is 10.2 Å². The number of hydrogen-bond donors (Lipinski definition) is 2. The topological polar surface area (TPSA) is 83.8 Å². The molecule has 0 saturated carbocycles. The second-order valence-corrected chi connectivity index (χ2v) is 5.10. The SMILES string of the molecule is [B]OCC(CO)(CO)S(=O)(=O)C(F)(F)F. The lowest BCUT2D eigenvalue weighted by Crippen LogP contribution is -2.54. The molecule has 0 aliphatic rings. The van der Waals surface area contributed by atoms with Gasteiger partial charge in [0.05, 0.1) is 19.8 Å². The number of sulfone groups is 1. The van der Waals surface area contributed by atoms with E-state index in [2.05, 4.69) is 12.7 Å². The van der Waals surface area contributed by atoms with Crippen molar-refractivity contribution in [1.29, 1.82) is 0 Å². The minimum absolute atomic E-state index is 1.16. The van der Waals surface area contributed by atoms with Gasteiger partial charge in [0.15, 0.2) is 0 Å². The van der Waals surface area contributed by atoms with Gasteiger partial charge in [-0.05, 0) is 0 Å². The van der Waals surface area contributed by atoms with Gasteiger partial charge in [0.2, 0.25) is 0 Å². The number of aliphatic hydroxyl groups is 2. The Balaban J connectivity index is 5.45. The molecule has 0 heterocycles. The molecule has 0 saturated heterocycles. The maximum Gasteiger partial charge on any atom is 0.498 e. The van der Waals surface area contributed by atoms with Crippen LogP contribution in [0.4, 0.5) is 13.2 Å². The lowest BCUT2D eigenvalue weighted by molar-refractivity contribution is -0.0492. The molecule has 2 N–H and O–H groups in total. The fourth-order valence-corrected chi connectivity index (χ4v) is 1.84. The molecule has 0 spiro atoms. The Kier molecular flexibility index (Phi) is 4.58. The van der Waals surface area contributed by atoms with E-state index in [1.165, 1.54) is 0 Å². The largest absolute Gasteiger partial charge is 0.498 e. The van der Waals surface area contributed by atoms with Crippen molar-refractivity contribution < 1.29 is 36.5 Å². The van der Waals surface area contributed by atoms with Crippen molar-refractivity contribution >= 4 is 17.9 Å². The highest BCUT2D eigenvalue weighted by Gasteiger charge is 2.59. The van der Waals surface area contributed by atoms with Gasteiger partial charge in [-0.25, -0.2) is 8.42 Å². The first kappa shape index (κ1) is 14.7. The quantitative estimate of drug-likeness (QED) is 0.593. The molecule has 0 bridgehead atoms. The van der Waals surface area contributed by atoms with E-state index in [0.29, 0.717) is 0 Å². The van der Waals surface area contributed by atoms with Crippen molar-refractivity contribution in [2.24, 2.45) is 0 Å². The third kappa shape index (κ3) is 2.44. The summed E-state index contributed by atoms with van der Waals surface area (Å²) >= 11 is 0. The number of hydrogen-bond acceptors (Lipinski definition) is 5. The first-order valence-electron chi connectivity index (χ1n) is 3.53. The number of halogens is 3. The van der Waals surface area contributed by atoms with E-state index < -0.39 is 39.9 Å². The van der Waals surface area contributed by atoms with Crippen LogP contribution in [0, 0.1) is 0 Å². The van der Waals surface area contributed by atoms with E-state index in [-0.39, 0.29) is 0 Å². The molecule has 5 nitrogen and oxygen atoms in total. The van der Waals surface area contributed by atoms with Crippen molar-refractivity contribution in [1.82, 2.24) is 0 Å². The fraction of sp³-hybridized carbons (Fsp3) is 1.00. The monoisotopic (exact) mass is 248 g/mol. The lowest BCUT2D eigenvalue weighted by atomic mass is 10.2. The summed E-state index contributed by atoms with van der Waals surface area (Å²) in [5.41, 5.74) is -5.60. The summed E-state index contributed by atoms with van der Waals surface area (Å²) in [6.07, 6.45) is 0. The first-order valence-corrected chi connectivity index (χ1v) is 5.01. The van der Waals surface area contributed by atoms with Gasteiger partial charge in [0.1, 0.15) is 4.75 Å². The standard InChI is InChI=1S/C5H8BF3O5S/c6-14-3-4(1-10,2-11)15(12,13)5(7,8)9/h10-11H,1-3H2. The van der Waals surface area contributed by atoms with Crippen LogP contribution in [-0.2, 0) is 14.5 Å². The Morgan fingerprint density at radius 2 is 1.60 bits per heavy atom. The zero-order valence-corrected chi connectivity index (χ0v) is 8.18. The molecule has 88 valence electrons. The highest BCUT2D eigenvalue weighted by atomic mass is 32.2. The Morgan fingerprint density at radius 1 is 1.20 bits per heavy atom. The van der Waals surface area contributed by atoms with Crippen LogP contribution in [0.2, 0.25) is 0 Å². The maximum absolute atomic E-state index is 12.1. The van der Waals surface area contributed by atoms with Crippen LogP contribution in [0.1, 0.15) is 0 Å². The van der Waals surface area contributed by atoms with Gasteiger partial charge in [-0.2, -0.15) is 13.2 Å². The zero-order chi connectivity index (χ0) is 12.3. The Hall–Kier alpha value is -0.315. The molecule has 0 atom stereocenters. The van der Waals surface area contributed by atoms with Crippen molar-refractivity contribution in [3.05, 3.63) is 0 Å². The van der Waals surface area contributed by atoms with Crippen LogP contribution in [0.5, 0.6) is 0 Å². The molecule has 0 aliphatic carbocycles. The van der Waals surface area contributed by atoms with Gasteiger partial charge in [0, 0.05) is 0 Å². The van der Waals surface area contributed by atoms with Crippen LogP contribution in [0.25, 0.3) is 0 Å². The van der Waals surface area contributed by atoms with E-state index in [1.807, 2.05) is 0 Å². The zero-order valence-electron chi connectivity index (χ0n) is 7.36. The van der Waals surface area contributed by atoms with Crippen molar-refractivity contribution in [2.45, 2.75) is 10.3 Å². The lowest BCUT2D eigenvalue weighted by Gasteiger charge is -2.29. The molecule has 10 heteroatoms. The molecule has 2 radical (unpaired) electrons. The smallest absolute Gasteiger partial charge is 0.446 e. The highest BCUT2D eigenvalue weighted by molar-refractivity contribution is 7.93. The summed E-state index contributed by atoms with van der Waals surface area (Å²) in [5.74, 6) is 0. The first-order chi connectivity index (χ1) is 6.68. The molecule has 0 unspecified atom stereocenters. The summed E-state index contributed by atoms with van der Waals surface area (Å²) in [6, 6.07) is 0. The van der Waals surface area contributed by atoms with E-state index in [9.17, 15) is 21.6 Å². The van der Waals surface area contributed by atoms with Gasteiger partial charge >= 0.3 is 5.51 Å². The van der Waals surface area contributed by atoms with Gasteiger partial charge in [-0.15, -0.1) is 0 Å². The third-order valence-corrected chi connectivity index (χ3v) is 3.92. The third-order valence-electron chi connectivity index (χ3n) is 1.80. The van der Waals surface area contributed by atoms with Crippen LogP contribution in [0.3, 0.4) is 0 Å². The van der Waals surface area contributed by atoms with E-state index in [1.54, 1.807) is 0 Å². The average Bonchev–Trinajstić information content (AvgIpc) is 2.12. The molecule has 0 amide bonds. The number of rotatable bonds is 5. The predicted octanol–water partition coefficient (Wildman–Crippen LogP) is -1.26. The number of aliphatic hydroxyl groups excluding tert-OH is 2. The molecule has 0 rings (SSSR count). The second kappa shape index (κ2) is 4.68. The second-order valence-electron chi connectivity index (χ2n) is 2.76. The minimum atomic E-state index is -5.77. The summed E-state index contributed by atoms with van der Waals surface area (Å²) in [5, 5.41) is 17.3. The van der Waals surface area contributed by atoms with Crippen molar-refractivity contribution in [3.8, 4) is 0 Å². The summed E-state index contributed by atoms with van der Waals surface area (Å²) < 4.78 is 59.1. The van der Waals surface area contributed by atoms with E-state index in [0.717, 1.165) is 0 Å². The predicted molar refractivity (Wildman–Crippen MR) is 43.6 cm³/mol. The van der Waals surface area contributed by atoms with Crippen molar-refractivity contribution in [2.75, 3.05) is 19.8 Å². The summed E-state index contributed by atoms with van der Waals surface area (Å²) in [4.78, 5) is 0.